The molecule has 0 aromatic heterocycles. The van der Waals surface area contributed by atoms with E-state index in [1.807, 2.05) is 27.7 Å². The average Bonchev–Trinajstić information content (AvgIpc) is 2.36. The molecular formula is C14H25N3O2S. The van der Waals surface area contributed by atoms with Gasteiger partial charge in [0.15, 0.2) is 0 Å². The molecule has 6 heteroatoms. The zero-order valence-electron chi connectivity index (χ0n) is 12.6. The third kappa shape index (κ3) is 4.47. The predicted octanol–water partition coefficient (Wildman–Crippen LogP) is 1.91. The Labute approximate surface area is 122 Å². The molecule has 0 heterocycles. The maximum Gasteiger partial charge on any atom is 0.240 e. The summed E-state index contributed by atoms with van der Waals surface area (Å²) in [6.07, 6.45) is 0.765. The van der Waals surface area contributed by atoms with Crippen molar-refractivity contribution in [3.05, 3.63) is 24.3 Å². The third-order valence-electron chi connectivity index (χ3n) is 3.31. The Morgan fingerprint density at radius 1 is 1.25 bits per heavy atom. The van der Waals surface area contributed by atoms with Gasteiger partial charge in [-0.3, -0.25) is 0 Å². The molecule has 1 aromatic carbocycles. The topological polar surface area (TPSA) is 84.2 Å². The Balaban J connectivity index is 2.84. The summed E-state index contributed by atoms with van der Waals surface area (Å²) in [5, 5.41) is 3.30. The van der Waals surface area contributed by atoms with E-state index in [2.05, 4.69) is 10.0 Å². The van der Waals surface area contributed by atoms with E-state index in [0.717, 1.165) is 12.1 Å². The van der Waals surface area contributed by atoms with Crippen LogP contribution in [0.5, 0.6) is 0 Å². The molecule has 0 saturated heterocycles. The maximum atomic E-state index is 11.9. The molecule has 0 radical (unpaired) electrons. The van der Waals surface area contributed by atoms with Crippen molar-refractivity contribution < 1.29 is 8.42 Å². The minimum Gasteiger partial charge on any atom is -0.379 e. The zero-order chi connectivity index (χ0) is 15.4. The zero-order valence-corrected chi connectivity index (χ0v) is 13.4. The molecule has 0 bridgehead atoms. The van der Waals surface area contributed by atoms with Crippen LogP contribution in [0.2, 0.25) is 0 Å². The highest BCUT2D eigenvalue weighted by molar-refractivity contribution is 7.89. The van der Waals surface area contributed by atoms with Crippen LogP contribution >= 0.6 is 0 Å². The van der Waals surface area contributed by atoms with E-state index in [4.69, 9.17) is 5.73 Å². The quantitative estimate of drug-likeness (QED) is 0.718. The molecule has 1 aromatic rings. The van der Waals surface area contributed by atoms with Gasteiger partial charge in [-0.15, -0.1) is 0 Å². The number of sulfonamides is 1. The normalized spacial score (nSPS) is 14.1. The second kappa shape index (κ2) is 6.56. The van der Waals surface area contributed by atoms with Gasteiger partial charge in [-0.2, -0.15) is 0 Å². The van der Waals surface area contributed by atoms with Gasteiger partial charge in [-0.05, 0) is 51.5 Å². The van der Waals surface area contributed by atoms with Crippen LogP contribution in [0.25, 0.3) is 0 Å². The molecular weight excluding hydrogens is 274 g/mol. The van der Waals surface area contributed by atoms with Crippen molar-refractivity contribution in [3.63, 3.8) is 0 Å². The van der Waals surface area contributed by atoms with Gasteiger partial charge in [0, 0.05) is 23.8 Å². The lowest BCUT2D eigenvalue weighted by Crippen LogP contribution is -2.47. The van der Waals surface area contributed by atoms with Crippen molar-refractivity contribution in [2.75, 3.05) is 11.9 Å². The minimum absolute atomic E-state index is 0.0304. The minimum atomic E-state index is -3.40. The average molecular weight is 299 g/mol. The van der Waals surface area contributed by atoms with E-state index in [1.165, 1.54) is 0 Å². The number of anilines is 1. The SMILES string of the molecule is CCCNS(=O)(=O)c1ccc(NC(C)(C)C(C)N)cc1. The fourth-order valence-corrected chi connectivity index (χ4v) is 2.66. The Morgan fingerprint density at radius 2 is 1.80 bits per heavy atom. The molecule has 114 valence electrons. The second-order valence-electron chi connectivity index (χ2n) is 5.56. The number of nitrogens with one attached hydrogen (secondary N) is 2. The summed E-state index contributed by atoms with van der Waals surface area (Å²) in [4.78, 5) is 0.273. The molecule has 0 aliphatic carbocycles. The fourth-order valence-electron chi connectivity index (χ4n) is 1.52. The molecule has 0 amide bonds. The highest BCUT2D eigenvalue weighted by atomic mass is 32.2. The monoisotopic (exact) mass is 299 g/mol. The van der Waals surface area contributed by atoms with E-state index >= 15 is 0 Å². The molecule has 5 nitrogen and oxygen atoms in total. The van der Waals surface area contributed by atoms with E-state index in [1.54, 1.807) is 24.3 Å². The Bertz CT molecular complexity index is 522. The van der Waals surface area contributed by atoms with Gasteiger partial charge in [-0.25, -0.2) is 13.1 Å². The standard InChI is InChI=1S/C14H25N3O2S/c1-5-10-16-20(18,19)13-8-6-12(7-9-13)17-14(3,4)11(2)15/h6-9,11,16-17H,5,10,15H2,1-4H3. The first-order valence-electron chi connectivity index (χ1n) is 6.82. The highest BCUT2D eigenvalue weighted by Crippen LogP contribution is 2.19. The first-order valence-corrected chi connectivity index (χ1v) is 8.31. The lowest BCUT2D eigenvalue weighted by molar-refractivity contribution is 0.471. The molecule has 1 atom stereocenters. The van der Waals surface area contributed by atoms with Crippen molar-refractivity contribution in [3.8, 4) is 0 Å². The number of hydrogen-bond donors (Lipinski definition) is 3. The molecule has 4 N–H and O–H groups in total. The van der Waals surface area contributed by atoms with Crippen LogP contribution in [0, 0.1) is 0 Å². The predicted molar refractivity (Wildman–Crippen MR) is 83.3 cm³/mol. The van der Waals surface area contributed by atoms with Crippen LogP contribution in [0.1, 0.15) is 34.1 Å². The molecule has 0 aliphatic heterocycles. The van der Waals surface area contributed by atoms with E-state index in [9.17, 15) is 8.42 Å². The largest absolute Gasteiger partial charge is 0.379 e. The molecule has 1 unspecified atom stereocenters. The number of benzene rings is 1. The van der Waals surface area contributed by atoms with Gasteiger partial charge in [0.2, 0.25) is 10.0 Å². The fraction of sp³-hybridized carbons (Fsp3) is 0.571. The molecule has 0 aliphatic rings. The van der Waals surface area contributed by atoms with Crippen LogP contribution in [0.15, 0.2) is 29.2 Å². The lowest BCUT2D eigenvalue weighted by atomic mass is 9.96. The van der Waals surface area contributed by atoms with Crippen LogP contribution in [0.4, 0.5) is 5.69 Å². The summed E-state index contributed by atoms with van der Waals surface area (Å²) in [6, 6.07) is 6.67. The summed E-state index contributed by atoms with van der Waals surface area (Å²) >= 11 is 0. The molecule has 20 heavy (non-hydrogen) atoms. The molecule has 0 fully saturated rings. The Morgan fingerprint density at radius 3 is 2.25 bits per heavy atom. The van der Waals surface area contributed by atoms with Crippen LogP contribution < -0.4 is 15.8 Å². The lowest BCUT2D eigenvalue weighted by Gasteiger charge is -2.31. The van der Waals surface area contributed by atoms with Crippen molar-refractivity contribution in [2.24, 2.45) is 5.73 Å². The van der Waals surface area contributed by atoms with Crippen molar-refractivity contribution in [1.82, 2.24) is 4.72 Å². The summed E-state index contributed by atoms with van der Waals surface area (Å²) in [5.74, 6) is 0. The van der Waals surface area contributed by atoms with Gasteiger partial charge in [-0.1, -0.05) is 6.92 Å². The molecule has 0 spiro atoms. The molecule has 0 saturated carbocycles. The van der Waals surface area contributed by atoms with E-state index in [-0.39, 0.29) is 16.5 Å². The summed E-state index contributed by atoms with van der Waals surface area (Å²) < 4.78 is 26.4. The van der Waals surface area contributed by atoms with Crippen LogP contribution in [-0.2, 0) is 10.0 Å². The van der Waals surface area contributed by atoms with Crippen molar-refractivity contribution in [1.29, 1.82) is 0 Å². The Hall–Kier alpha value is -1.11. The number of hydrogen-bond acceptors (Lipinski definition) is 4. The van der Waals surface area contributed by atoms with Gasteiger partial charge < -0.3 is 11.1 Å². The van der Waals surface area contributed by atoms with Crippen LogP contribution in [0.3, 0.4) is 0 Å². The molecule has 1 rings (SSSR count). The van der Waals surface area contributed by atoms with E-state index < -0.39 is 10.0 Å². The second-order valence-corrected chi connectivity index (χ2v) is 7.32. The van der Waals surface area contributed by atoms with E-state index in [0.29, 0.717) is 6.54 Å². The smallest absolute Gasteiger partial charge is 0.240 e. The van der Waals surface area contributed by atoms with Crippen molar-refractivity contribution in [2.45, 2.75) is 50.6 Å². The number of rotatable bonds is 7. The van der Waals surface area contributed by atoms with Gasteiger partial charge in [0.1, 0.15) is 0 Å². The van der Waals surface area contributed by atoms with Crippen molar-refractivity contribution >= 4 is 15.7 Å². The number of nitrogens with two attached hydrogens (primary N) is 1. The first kappa shape index (κ1) is 16.9. The summed E-state index contributed by atoms with van der Waals surface area (Å²) in [6.45, 7) is 8.31. The van der Waals surface area contributed by atoms with Gasteiger partial charge in [0.25, 0.3) is 0 Å². The first-order chi connectivity index (χ1) is 9.19. The summed E-state index contributed by atoms with van der Waals surface area (Å²) in [7, 11) is -3.40. The summed E-state index contributed by atoms with van der Waals surface area (Å²) in [5.41, 5.74) is 6.49. The van der Waals surface area contributed by atoms with Gasteiger partial charge in [0.05, 0.1) is 4.90 Å². The Kier molecular flexibility index (Phi) is 5.56. The highest BCUT2D eigenvalue weighted by Gasteiger charge is 2.22. The van der Waals surface area contributed by atoms with Crippen LogP contribution in [-0.4, -0.2) is 26.5 Å². The van der Waals surface area contributed by atoms with Gasteiger partial charge >= 0.3 is 0 Å². The third-order valence-corrected chi connectivity index (χ3v) is 4.79. The maximum absolute atomic E-state index is 11.9.